The third-order valence-corrected chi connectivity index (χ3v) is 4.90. The zero-order chi connectivity index (χ0) is 18.4. The molecular weight excluding hydrogens is 329 g/mol. The molecule has 4 heteroatoms. The lowest BCUT2D eigenvalue weighted by Crippen LogP contribution is -2.04. The van der Waals surface area contributed by atoms with Gasteiger partial charge in [-0.3, -0.25) is 0 Å². The number of carboxylic acid groups (broad SMARTS) is 1. The lowest BCUT2D eigenvalue weighted by Gasteiger charge is -2.19. The minimum atomic E-state index is -0.993. The molecule has 0 bridgehead atoms. The van der Waals surface area contributed by atoms with Gasteiger partial charge < -0.3 is 10.4 Å². The highest BCUT2D eigenvalue weighted by molar-refractivity contribution is 5.95. The number of allylic oxidation sites excluding steroid dienone is 1. The summed E-state index contributed by atoms with van der Waals surface area (Å²) in [5.74, 6) is -0.546. The fourth-order valence-corrected chi connectivity index (χ4v) is 3.46. The van der Waals surface area contributed by atoms with E-state index in [1.54, 1.807) is 18.2 Å². The summed E-state index contributed by atoms with van der Waals surface area (Å²) in [6.07, 6.45) is 11.9. The van der Waals surface area contributed by atoms with Crippen molar-refractivity contribution in [1.29, 1.82) is 0 Å². The molecule has 26 heavy (non-hydrogen) atoms. The molecule has 1 saturated carbocycles. The maximum Gasteiger partial charge on any atom is 0.337 e. The van der Waals surface area contributed by atoms with Gasteiger partial charge in [-0.25, -0.2) is 9.18 Å². The van der Waals surface area contributed by atoms with Crippen molar-refractivity contribution in [2.75, 3.05) is 5.32 Å². The summed E-state index contributed by atoms with van der Waals surface area (Å²) in [7, 11) is 0. The summed E-state index contributed by atoms with van der Waals surface area (Å²) < 4.78 is 13.1. The zero-order valence-electron chi connectivity index (χ0n) is 14.7. The van der Waals surface area contributed by atoms with E-state index in [4.69, 9.17) is 0 Å². The third-order valence-electron chi connectivity index (χ3n) is 4.90. The van der Waals surface area contributed by atoms with Gasteiger partial charge in [-0.05, 0) is 54.3 Å². The van der Waals surface area contributed by atoms with Crippen LogP contribution in [-0.4, -0.2) is 11.1 Å². The molecule has 0 heterocycles. The molecule has 0 spiro atoms. The van der Waals surface area contributed by atoms with E-state index >= 15 is 0 Å². The second-order valence-electron chi connectivity index (χ2n) is 6.88. The quantitative estimate of drug-likeness (QED) is 0.645. The predicted molar refractivity (Wildman–Crippen MR) is 103 cm³/mol. The Morgan fingerprint density at radius 2 is 1.85 bits per heavy atom. The van der Waals surface area contributed by atoms with Crippen LogP contribution in [0.5, 0.6) is 0 Å². The highest BCUT2D eigenvalue weighted by Crippen LogP contribution is 2.27. The third kappa shape index (κ3) is 4.94. The van der Waals surface area contributed by atoms with Gasteiger partial charge in [-0.1, -0.05) is 50.3 Å². The Morgan fingerprint density at radius 1 is 1.12 bits per heavy atom. The Kier molecular flexibility index (Phi) is 6.05. The van der Waals surface area contributed by atoms with E-state index in [-0.39, 0.29) is 11.4 Å². The molecule has 0 radical (unpaired) electrons. The van der Waals surface area contributed by atoms with Gasteiger partial charge in [-0.2, -0.15) is 0 Å². The topological polar surface area (TPSA) is 49.3 Å². The molecule has 1 aliphatic carbocycles. The van der Waals surface area contributed by atoms with Crippen LogP contribution in [0.4, 0.5) is 15.8 Å². The summed E-state index contributed by atoms with van der Waals surface area (Å²) in [5, 5.41) is 12.5. The molecule has 2 aromatic carbocycles. The van der Waals surface area contributed by atoms with Gasteiger partial charge in [0.05, 0.1) is 11.3 Å². The van der Waals surface area contributed by atoms with Crippen LogP contribution in [-0.2, 0) is 0 Å². The number of aromatic carboxylic acids is 1. The van der Waals surface area contributed by atoms with Crippen LogP contribution in [0.2, 0.25) is 0 Å². The van der Waals surface area contributed by atoms with Crippen LogP contribution in [0.15, 0.2) is 48.5 Å². The Bertz CT molecular complexity index is 777. The van der Waals surface area contributed by atoms with Crippen LogP contribution >= 0.6 is 0 Å². The van der Waals surface area contributed by atoms with Gasteiger partial charge in [-0.15, -0.1) is 0 Å². The second kappa shape index (κ2) is 8.65. The number of benzene rings is 2. The molecule has 0 amide bonds. The molecule has 2 aromatic rings. The van der Waals surface area contributed by atoms with Crippen molar-refractivity contribution in [1.82, 2.24) is 0 Å². The van der Waals surface area contributed by atoms with E-state index in [0.29, 0.717) is 11.4 Å². The van der Waals surface area contributed by atoms with Crippen molar-refractivity contribution in [2.45, 2.75) is 38.5 Å². The first kappa shape index (κ1) is 18.2. The molecule has 1 fully saturated rings. The summed E-state index contributed by atoms with van der Waals surface area (Å²) in [5.41, 5.74) is 2.30. The van der Waals surface area contributed by atoms with Gasteiger partial charge >= 0.3 is 5.97 Å². The number of rotatable bonds is 6. The number of halogens is 1. The average molecular weight is 353 g/mol. The van der Waals surface area contributed by atoms with Gasteiger partial charge in [0.15, 0.2) is 0 Å². The molecule has 1 aliphatic rings. The number of carbonyl (C=O) groups is 1. The lowest BCUT2D eigenvalue weighted by atomic mass is 9.87. The molecule has 136 valence electrons. The van der Waals surface area contributed by atoms with E-state index in [1.165, 1.54) is 44.2 Å². The van der Waals surface area contributed by atoms with Crippen LogP contribution in [0.25, 0.3) is 6.08 Å². The smallest absolute Gasteiger partial charge is 0.337 e. The van der Waals surface area contributed by atoms with Gasteiger partial charge in [0, 0.05) is 5.69 Å². The molecule has 3 rings (SSSR count). The number of hydrogen-bond donors (Lipinski definition) is 2. The Morgan fingerprint density at radius 3 is 2.54 bits per heavy atom. The standard InChI is InChI=1S/C22H24FNO2/c23-18-10-12-19(13-11-18)24-21-15-17(9-14-20(21)22(25)26)8-4-7-16-5-2-1-3-6-16/h4,8-16,24H,1-3,5-7H2,(H,25,26)/b8-4+. The molecule has 2 N–H and O–H groups in total. The normalized spacial score (nSPS) is 15.3. The van der Waals surface area contributed by atoms with Crippen molar-refractivity contribution in [2.24, 2.45) is 5.92 Å². The molecule has 0 aliphatic heterocycles. The van der Waals surface area contributed by atoms with Crippen molar-refractivity contribution in [3.8, 4) is 0 Å². The number of nitrogens with one attached hydrogen (secondary N) is 1. The van der Waals surface area contributed by atoms with E-state index < -0.39 is 5.97 Å². The van der Waals surface area contributed by atoms with Crippen molar-refractivity contribution in [3.05, 3.63) is 65.5 Å². The van der Waals surface area contributed by atoms with Gasteiger partial charge in [0.25, 0.3) is 0 Å². The first-order valence-corrected chi connectivity index (χ1v) is 9.18. The van der Waals surface area contributed by atoms with E-state index in [1.807, 2.05) is 12.1 Å². The lowest BCUT2D eigenvalue weighted by molar-refractivity contribution is 0.0698. The van der Waals surface area contributed by atoms with E-state index in [9.17, 15) is 14.3 Å². The molecule has 0 aromatic heterocycles. The Labute approximate surface area is 153 Å². The predicted octanol–water partition coefficient (Wildman–Crippen LogP) is 6.25. The summed E-state index contributed by atoms with van der Waals surface area (Å²) in [4.78, 5) is 11.5. The molecule has 0 unspecified atom stereocenters. The summed E-state index contributed by atoms with van der Waals surface area (Å²) in [6, 6.07) is 11.1. The van der Waals surface area contributed by atoms with Crippen molar-refractivity contribution < 1.29 is 14.3 Å². The maximum atomic E-state index is 13.1. The summed E-state index contributed by atoms with van der Waals surface area (Å²) in [6.45, 7) is 0. The number of carboxylic acids is 1. The van der Waals surface area contributed by atoms with E-state index in [0.717, 1.165) is 17.9 Å². The van der Waals surface area contributed by atoms with Crippen LogP contribution in [0, 0.1) is 11.7 Å². The van der Waals surface area contributed by atoms with Crippen molar-refractivity contribution >= 4 is 23.4 Å². The van der Waals surface area contributed by atoms with Crippen LogP contribution in [0.1, 0.15) is 54.4 Å². The van der Waals surface area contributed by atoms with Crippen molar-refractivity contribution in [3.63, 3.8) is 0 Å². The summed E-state index contributed by atoms with van der Waals surface area (Å²) >= 11 is 0. The Balaban J connectivity index is 1.74. The fraction of sp³-hybridized carbons (Fsp3) is 0.318. The maximum absolute atomic E-state index is 13.1. The SMILES string of the molecule is O=C(O)c1ccc(/C=C/CC2CCCCC2)cc1Nc1ccc(F)cc1. The second-order valence-corrected chi connectivity index (χ2v) is 6.88. The first-order valence-electron chi connectivity index (χ1n) is 9.18. The zero-order valence-corrected chi connectivity index (χ0v) is 14.7. The monoisotopic (exact) mass is 353 g/mol. The average Bonchev–Trinajstić information content (AvgIpc) is 2.64. The van der Waals surface area contributed by atoms with Gasteiger partial charge in [0.2, 0.25) is 0 Å². The molecule has 0 atom stereocenters. The van der Waals surface area contributed by atoms with Gasteiger partial charge in [0.1, 0.15) is 5.82 Å². The fourth-order valence-electron chi connectivity index (χ4n) is 3.46. The molecular formula is C22H24FNO2. The van der Waals surface area contributed by atoms with Crippen LogP contribution < -0.4 is 5.32 Å². The molecule has 3 nitrogen and oxygen atoms in total. The van der Waals surface area contributed by atoms with Crippen LogP contribution in [0.3, 0.4) is 0 Å². The molecule has 0 saturated heterocycles. The highest BCUT2D eigenvalue weighted by Gasteiger charge is 2.12. The van der Waals surface area contributed by atoms with E-state index in [2.05, 4.69) is 17.5 Å². The largest absolute Gasteiger partial charge is 0.478 e. The minimum absolute atomic E-state index is 0.193. The first-order chi connectivity index (χ1) is 12.6. The highest BCUT2D eigenvalue weighted by atomic mass is 19.1. The number of hydrogen-bond acceptors (Lipinski definition) is 2. The Hall–Kier alpha value is -2.62. The minimum Gasteiger partial charge on any atom is -0.478 e. The number of anilines is 2.